The van der Waals surface area contributed by atoms with Crippen LogP contribution in [-0.4, -0.2) is 68.6 Å². The highest BCUT2D eigenvalue weighted by molar-refractivity contribution is 5.94. The van der Waals surface area contributed by atoms with E-state index in [1.807, 2.05) is 41.1 Å². The minimum atomic E-state index is -0.154. The Hall–Kier alpha value is -2.93. The summed E-state index contributed by atoms with van der Waals surface area (Å²) in [6.07, 6.45) is 0. The average Bonchev–Trinajstić information content (AvgIpc) is 3.28. The standard InChI is InChI=1S/C27H36N4O3/c1-27(2,3)19-11-9-18(10-12-19)26(33)31-16-21-20(22(21)17-31)15-28-25(32)23-7-6-8-24(29-23)30(4)13-14-34-5/h6-12,20-22H,13-17H2,1-5H3,(H,28,32). The van der Waals surface area contributed by atoms with Gasteiger partial charge in [0.25, 0.3) is 11.8 Å². The first kappa shape index (κ1) is 24.2. The molecule has 7 nitrogen and oxygen atoms in total. The van der Waals surface area contributed by atoms with Crippen molar-refractivity contribution in [3.05, 3.63) is 59.3 Å². The molecule has 1 aliphatic heterocycles. The SMILES string of the molecule is COCCN(C)c1cccc(C(=O)NCC2C3CN(C(=O)c4ccc(C(C)(C)C)cc4)CC23)n1. The molecule has 4 rings (SSSR count). The third kappa shape index (κ3) is 5.25. The molecule has 1 aromatic carbocycles. The van der Waals surface area contributed by atoms with Gasteiger partial charge in [0.2, 0.25) is 0 Å². The Morgan fingerprint density at radius 3 is 2.41 bits per heavy atom. The van der Waals surface area contributed by atoms with E-state index in [-0.39, 0.29) is 17.2 Å². The minimum Gasteiger partial charge on any atom is -0.383 e. The number of fused-ring (bicyclic) bond motifs is 1. The summed E-state index contributed by atoms with van der Waals surface area (Å²) >= 11 is 0. The summed E-state index contributed by atoms with van der Waals surface area (Å²) < 4.78 is 5.11. The van der Waals surface area contributed by atoms with Gasteiger partial charge in [-0.3, -0.25) is 9.59 Å². The molecule has 0 bridgehead atoms. The van der Waals surface area contributed by atoms with Crippen molar-refractivity contribution >= 4 is 17.6 Å². The molecule has 2 fully saturated rings. The number of piperidine rings is 1. The van der Waals surface area contributed by atoms with Crippen LogP contribution in [0.3, 0.4) is 0 Å². The first-order chi connectivity index (χ1) is 16.2. The van der Waals surface area contributed by atoms with E-state index in [4.69, 9.17) is 4.74 Å². The van der Waals surface area contributed by atoms with Crippen molar-refractivity contribution in [3.63, 3.8) is 0 Å². The van der Waals surface area contributed by atoms with Crippen LogP contribution in [0.1, 0.15) is 47.2 Å². The van der Waals surface area contributed by atoms with E-state index in [0.29, 0.717) is 43.1 Å². The Morgan fingerprint density at radius 2 is 1.79 bits per heavy atom. The van der Waals surface area contributed by atoms with Crippen LogP contribution >= 0.6 is 0 Å². The number of nitrogens with zero attached hydrogens (tertiary/aromatic N) is 3. The number of methoxy groups -OCH3 is 1. The van der Waals surface area contributed by atoms with E-state index in [0.717, 1.165) is 24.5 Å². The predicted molar refractivity (Wildman–Crippen MR) is 133 cm³/mol. The topological polar surface area (TPSA) is 74.8 Å². The number of benzene rings is 1. The van der Waals surface area contributed by atoms with Crippen molar-refractivity contribution in [1.82, 2.24) is 15.2 Å². The van der Waals surface area contributed by atoms with Crippen molar-refractivity contribution in [1.29, 1.82) is 0 Å². The van der Waals surface area contributed by atoms with Crippen molar-refractivity contribution < 1.29 is 14.3 Å². The summed E-state index contributed by atoms with van der Waals surface area (Å²) in [4.78, 5) is 34.0. The van der Waals surface area contributed by atoms with E-state index in [2.05, 4.69) is 43.2 Å². The van der Waals surface area contributed by atoms with Gasteiger partial charge in [-0.1, -0.05) is 39.0 Å². The smallest absolute Gasteiger partial charge is 0.269 e. The zero-order chi connectivity index (χ0) is 24.5. The van der Waals surface area contributed by atoms with Crippen LogP contribution in [0.25, 0.3) is 0 Å². The van der Waals surface area contributed by atoms with Gasteiger partial charge in [0.1, 0.15) is 11.5 Å². The first-order valence-corrected chi connectivity index (χ1v) is 12.0. The summed E-state index contributed by atoms with van der Waals surface area (Å²) in [7, 11) is 3.60. The van der Waals surface area contributed by atoms with Crippen LogP contribution in [0, 0.1) is 17.8 Å². The molecule has 1 saturated heterocycles. The Kier molecular flexibility index (Phi) is 6.94. The number of nitrogens with one attached hydrogen (secondary N) is 1. The molecular formula is C27H36N4O3. The van der Waals surface area contributed by atoms with Gasteiger partial charge in [-0.2, -0.15) is 0 Å². The van der Waals surface area contributed by atoms with Gasteiger partial charge in [-0.15, -0.1) is 0 Å². The van der Waals surface area contributed by atoms with Gasteiger partial charge in [0, 0.05) is 45.9 Å². The molecule has 2 aliphatic rings. The Balaban J connectivity index is 1.25. The number of likely N-dealkylation sites (N-methyl/N-ethyl adjacent to an activating group) is 1. The van der Waals surface area contributed by atoms with Gasteiger partial charge >= 0.3 is 0 Å². The fourth-order valence-electron chi connectivity index (χ4n) is 4.82. The number of pyridine rings is 1. The maximum atomic E-state index is 12.9. The van der Waals surface area contributed by atoms with Crippen LogP contribution in [0.2, 0.25) is 0 Å². The predicted octanol–water partition coefficient (Wildman–Crippen LogP) is 3.21. The lowest BCUT2D eigenvalue weighted by Gasteiger charge is -2.22. The van der Waals surface area contributed by atoms with E-state index in [9.17, 15) is 9.59 Å². The number of aromatic nitrogens is 1. The number of ether oxygens (including phenoxy) is 1. The minimum absolute atomic E-state index is 0.0747. The number of carbonyl (C=O) groups is 2. The number of carbonyl (C=O) groups excluding carboxylic acids is 2. The number of rotatable bonds is 8. The van der Waals surface area contributed by atoms with Gasteiger partial charge in [0.15, 0.2) is 0 Å². The van der Waals surface area contributed by atoms with E-state index >= 15 is 0 Å². The van der Waals surface area contributed by atoms with Crippen molar-refractivity contribution in [3.8, 4) is 0 Å². The highest BCUT2D eigenvalue weighted by Gasteiger charge is 2.56. The molecule has 0 spiro atoms. The molecule has 7 heteroatoms. The highest BCUT2D eigenvalue weighted by atomic mass is 16.5. The molecule has 1 N–H and O–H groups in total. The average molecular weight is 465 g/mol. The van der Waals surface area contributed by atoms with Crippen LogP contribution in [0.4, 0.5) is 5.82 Å². The summed E-state index contributed by atoms with van der Waals surface area (Å²) in [5.41, 5.74) is 2.47. The van der Waals surface area contributed by atoms with Gasteiger partial charge < -0.3 is 19.9 Å². The maximum absolute atomic E-state index is 12.9. The number of anilines is 1. The van der Waals surface area contributed by atoms with Crippen LogP contribution < -0.4 is 10.2 Å². The Labute approximate surface area is 202 Å². The third-order valence-electron chi connectivity index (χ3n) is 7.14. The van der Waals surface area contributed by atoms with Gasteiger partial charge in [0.05, 0.1) is 6.61 Å². The second-order valence-corrected chi connectivity index (χ2v) is 10.5. The van der Waals surface area contributed by atoms with Crippen LogP contribution in [0.5, 0.6) is 0 Å². The Morgan fingerprint density at radius 1 is 1.12 bits per heavy atom. The first-order valence-electron chi connectivity index (χ1n) is 12.0. The van der Waals surface area contributed by atoms with Crippen molar-refractivity contribution in [2.75, 3.05) is 51.8 Å². The largest absolute Gasteiger partial charge is 0.383 e. The lowest BCUT2D eigenvalue weighted by molar-refractivity contribution is 0.0764. The zero-order valence-corrected chi connectivity index (χ0v) is 20.9. The zero-order valence-electron chi connectivity index (χ0n) is 20.9. The normalized spacial score (nSPS) is 21.2. The quantitative estimate of drug-likeness (QED) is 0.649. The molecule has 2 heterocycles. The van der Waals surface area contributed by atoms with Gasteiger partial charge in [-0.05, 0) is 53.0 Å². The molecule has 182 valence electrons. The second kappa shape index (κ2) is 9.74. The maximum Gasteiger partial charge on any atom is 0.269 e. The highest BCUT2D eigenvalue weighted by Crippen LogP contribution is 2.51. The second-order valence-electron chi connectivity index (χ2n) is 10.5. The molecule has 2 amide bonds. The number of hydrogen-bond donors (Lipinski definition) is 1. The van der Waals surface area contributed by atoms with E-state index < -0.39 is 0 Å². The molecule has 34 heavy (non-hydrogen) atoms. The fourth-order valence-corrected chi connectivity index (χ4v) is 4.82. The number of hydrogen-bond acceptors (Lipinski definition) is 5. The van der Waals surface area contributed by atoms with Crippen molar-refractivity contribution in [2.45, 2.75) is 26.2 Å². The third-order valence-corrected chi connectivity index (χ3v) is 7.14. The lowest BCUT2D eigenvalue weighted by Crippen LogP contribution is -2.34. The fraction of sp³-hybridized carbons (Fsp3) is 0.519. The summed E-state index contributed by atoms with van der Waals surface area (Å²) in [6, 6.07) is 13.5. The van der Waals surface area contributed by atoms with Crippen LogP contribution in [0.15, 0.2) is 42.5 Å². The van der Waals surface area contributed by atoms with E-state index in [1.54, 1.807) is 13.2 Å². The lowest BCUT2D eigenvalue weighted by atomic mass is 9.86. The molecule has 2 atom stereocenters. The van der Waals surface area contributed by atoms with Crippen molar-refractivity contribution in [2.24, 2.45) is 17.8 Å². The monoisotopic (exact) mass is 464 g/mol. The summed E-state index contributed by atoms with van der Waals surface area (Å²) in [5.74, 6) is 2.07. The van der Waals surface area contributed by atoms with E-state index in [1.165, 1.54) is 5.56 Å². The molecule has 1 aromatic heterocycles. The molecule has 2 unspecified atom stereocenters. The number of amides is 2. The summed E-state index contributed by atoms with van der Waals surface area (Å²) in [6.45, 7) is 9.98. The molecule has 1 saturated carbocycles. The summed E-state index contributed by atoms with van der Waals surface area (Å²) in [5, 5.41) is 3.05. The number of likely N-dealkylation sites (tertiary alicyclic amines) is 1. The van der Waals surface area contributed by atoms with Gasteiger partial charge in [-0.25, -0.2) is 4.98 Å². The molecule has 2 aromatic rings. The molecule has 1 aliphatic carbocycles. The van der Waals surface area contributed by atoms with Crippen LogP contribution in [-0.2, 0) is 10.2 Å². The Bertz CT molecular complexity index is 1020. The molecule has 0 radical (unpaired) electrons. The molecular weight excluding hydrogens is 428 g/mol.